The van der Waals surface area contributed by atoms with E-state index in [0.29, 0.717) is 6.54 Å². The Labute approximate surface area is 213 Å². The lowest BCUT2D eigenvalue weighted by Gasteiger charge is -2.39. The summed E-state index contributed by atoms with van der Waals surface area (Å²) >= 11 is 0. The fraction of sp³-hybridized carbons (Fsp3) is 0.161. The Morgan fingerprint density at radius 2 is 1.25 bits per heavy atom. The summed E-state index contributed by atoms with van der Waals surface area (Å²) in [4.78, 5) is 11.7. The third kappa shape index (κ3) is 5.01. The summed E-state index contributed by atoms with van der Waals surface area (Å²) in [5.74, 6) is 1.78. The Hall–Kier alpha value is -4.38. The second-order valence-corrected chi connectivity index (χ2v) is 9.31. The van der Waals surface area contributed by atoms with E-state index in [-0.39, 0.29) is 0 Å². The van der Waals surface area contributed by atoms with Gasteiger partial charge >= 0.3 is 0 Å². The SMILES string of the molecule is Cc1cccc(N(C2=CC=CN(N(c3cccc(C)c3)c3cc(C)ccn3)C2)c2cc(C)ccn2)c1. The molecule has 0 saturated heterocycles. The predicted octanol–water partition coefficient (Wildman–Crippen LogP) is 7.31. The van der Waals surface area contributed by atoms with Crippen molar-refractivity contribution in [1.29, 1.82) is 0 Å². The molecular formula is C31H31N5. The lowest BCUT2D eigenvalue weighted by Crippen LogP contribution is -2.40. The van der Waals surface area contributed by atoms with Crippen molar-refractivity contribution in [2.24, 2.45) is 0 Å². The fourth-order valence-electron chi connectivity index (χ4n) is 4.47. The molecule has 5 rings (SSSR count). The van der Waals surface area contributed by atoms with E-state index in [1.165, 1.54) is 22.3 Å². The molecule has 5 nitrogen and oxygen atoms in total. The van der Waals surface area contributed by atoms with Gasteiger partial charge in [-0.25, -0.2) is 15.0 Å². The van der Waals surface area contributed by atoms with Crippen molar-refractivity contribution in [1.82, 2.24) is 15.0 Å². The number of nitrogens with zero attached hydrogens (tertiary/aromatic N) is 5. The highest BCUT2D eigenvalue weighted by Crippen LogP contribution is 2.34. The lowest BCUT2D eigenvalue weighted by molar-refractivity contribution is 0.404. The number of aromatic nitrogens is 2. The van der Waals surface area contributed by atoms with Crippen molar-refractivity contribution in [3.05, 3.63) is 131 Å². The molecular weight excluding hydrogens is 442 g/mol. The normalized spacial score (nSPS) is 12.9. The van der Waals surface area contributed by atoms with Crippen LogP contribution in [-0.4, -0.2) is 21.5 Å². The van der Waals surface area contributed by atoms with Gasteiger partial charge in [-0.3, -0.25) is 9.91 Å². The molecule has 180 valence electrons. The quantitative estimate of drug-likeness (QED) is 0.293. The molecule has 2 aromatic carbocycles. The number of anilines is 4. The lowest BCUT2D eigenvalue weighted by atomic mass is 10.1. The van der Waals surface area contributed by atoms with Gasteiger partial charge in [0.25, 0.3) is 0 Å². The molecule has 1 aliphatic heterocycles. The van der Waals surface area contributed by atoms with Gasteiger partial charge in [-0.2, -0.15) is 0 Å². The average Bonchev–Trinajstić information content (AvgIpc) is 2.85. The first-order valence-corrected chi connectivity index (χ1v) is 12.2. The van der Waals surface area contributed by atoms with Crippen molar-refractivity contribution in [2.45, 2.75) is 27.7 Å². The molecule has 0 radical (unpaired) electrons. The van der Waals surface area contributed by atoms with E-state index in [0.717, 1.165) is 28.7 Å². The fourth-order valence-corrected chi connectivity index (χ4v) is 4.47. The van der Waals surface area contributed by atoms with Gasteiger partial charge in [0.2, 0.25) is 0 Å². The summed E-state index contributed by atoms with van der Waals surface area (Å²) in [6.07, 6.45) is 10.1. The number of hydrogen-bond donors (Lipinski definition) is 0. The number of hydrogen-bond acceptors (Lipinski definition) is 5. The third-order valence-electron chi connectivity index (χ3n) is 6.17. The topological polar surface area (TPSA) is 35.5 Å². The molecule has 5 heteroatoms. The van der Waals surface area contributed by atoms with E-state index >= 15 is 0 Å². The van der Waals surface area contributed by atoms with E-state index in [1.54, 1.807) is 0 Å². The first-order valence-electron chi connectivity index (χ1n) is 12.2. The molecule has 0 atom stereocenters. The molecule has 1 aliphatic rings. The Balaban J connectivity index is 1.58. The van der Waals surface area contributed by atoms with Crippen LogP contribution in [-0.2, 0) is 0 Å². The number of hydrazine groups is 1. The standard InChI is InChI=1S/C31H31N5/c1-23-8-5-10-27(18-23)35(30-20-25(3)13-15-32-30)29-12-7-17-34(22-29)36(28-11-6-9-24(2)19-28)31-21-26(4)14-16-33-31/h5-21H,22H2,1-4H3. The van der Waals surface area contributed by atoms with Crippen LogP contribution in [0.1, 0.15) is 22.3 Å². The van der Waals surface area contributed by atoms with Crippen molar-refractivity contribution in [3.63, 3.8) is 0 Å². The molecule has 0 N–H and O–H groups in total. The van der Waals surface area contributed by atoms with Gasteiger partial charge in [-0.05, 0) is 111 Å². The van der Waals surface area contributed by atoms with Crippen LogP contribution in [0.4, 0.5) is 23.0 Å². The summed E-state index contributed by atoms with van der Waals surface area (Å²) in [5.41, 5.74) is 8.02. The Morgan fingerprint density at radius 3 is 1.92 bits per heavy atom. The van der Waals surface area contributed by atoms with Gasteiger partial charge in [0.15, 0.2) is 5.82 Å². The molecule has 0 saturated carbocycles. The first-order chi connectivity index (χ1) is 17.5. The van der Waals surface area contributed by atoms with Gasteiger partial charge in [0.1, 0.15) is 5.82 Å². The van der Waals surface area contributed by atoms with Crippen molar-refractivity contribution in [2.75, 3.05) is 16.5 Å². The Morgan fingerprint density at radius 1 is 0.667 bits per heavy atom. The van der Waals surface area contributed by atoms with E-state index in [9.17, 15) is 0 Å². The summed E-state index contributed by atoms with van der Waals surface area (Å²) in [5, 5.41) is 4.39. The average molecular weight is 474 g/mol. The second kappa shape index (κ2) is 10.1. The number of benzene rings is 2. The molecule has 0 bridgehead atoms. The zero-order chi connectivity index (χ0) is 25.1. The van der Waals surface area contributed by atoms with Crippen molar-refractivity contribution >= 4 is 23.0 Å². The summed E-state index contributed by atoms with van der Waals surface area (Å²) in [6.45, 7) is 9.08. The number of pyridine rings is 2. The largest absolute Gasteiger partial charge is 0.297 e. The molecule has 4 aromatic rings. The van der Waals surface area contributed by atoms with Gasteiger partial charge < -0.3 is 0 Å². The number of rotatable bonds is 6. The minimum Gasteiger partial charge on any atom is -0.297 e. The zero-order valence-electron chi connectivity index (χ0n) is 21.3. The molecule has 3 heterocycles. The van der Waals surface area contributed by atoms with Crippen LogP contribution in [0.5, 0.6) is 0 Å². The van der Waals surface area contributed by atoms with Crippen molar-refractivity contribution in [3.8, 4) is 0 Å². The maximum atomic E-state index is 4.75. The smallest absolute Gasteiger partial charge is 0.152 e. The van der Waals surface area contributed by atoms with Crippen LogP contribution in [0.2, 0.25) is 0 Å². The van der Waals surface area contributed by atoms with Gasteiger partial charge in [0.05, 0.1) is 12.2 Å². The first kappa shape index (κ1) is 23.4. The third-order valence-corrected chi connectivity index (χ3v) is 6.17. The zero-order valence-corrected chi connectivity index (χ0v) is 21.3. The van der Waals surface area contributed by atoms with Crippen LogP contribution in [0.3, 0.4) is 0 Å². The highest BCUT2D eigenvalue weighted by Gasteiger charge is 2.24. The molecule has 36 heavy (non-hydrogen) atoms. The number of aryl methyl sites for hydroxylation is 4. The summed E-state index contributed by atoms with van der Waals surface area (Å²) < 4.78 is 0. The van der Waals surface area contributed by atoms with Crippen LogP contribution >= 0.6 is 0 Å². The highest BCUT2D eigenvalue weighted by molar-refractivity contribution is 5.68. The number of allylic oxidation sites excluding steroid dienone is 2. The van der Waals surface area contributed by atoms with Gasteiger partial charge in [-0.1, -0.05) is 24.3 Å². The minimum absolute atomic E-state index is 0.642. The maximum absolute atomic E-state index is 4.75. The Kier molecular flexibility index (Phi) is 6.54. The van der Waals surface area contributed by atoms with Crippen molar-refractivity contribution < 1.29 is 0 Å². The predicted molar refractivity (Wildman–Crippen MR) is 149 cm³/mol. The molecule has 0 unspecified atom stereocenters. The van der Waals surface area contributed by atoms with E-state index in [1.807, 2.05) is 24.5 Å². The van der Waals surface area contributed by atoms with E-state index < -0.39 is 0 Å². The molecule has 0 fully saturated rings. The van der Waals surface area contributed by atoms with E-state index in [2.05, 4.69) is 122 Å². The molecule has 0 aliphatic carbocycles. The van der Waals surface area contributed by atoms with Crippen LogP contribution in [0.15, 0.2) is 109 Å². The minimum atomic E-state index is 0.642. The molecule has 0 amide bonds. The Bertz CT molecular complexity index is 1350. The van der Waals surface area contributed by atoms with Gasteiger partial charge in [-0.15, -0.1) is 0 Å². The highest BCUT2D eigenvalue weighted by atomic mass is 15.6. The second-order valence-electron chi connectivity index (χ2n) is 9.31. The van der Waals surface area contributed by atoms with Crippen LogP contribution < -0.4 is 9.91 Å². The van der Waals surface area contributed by atoms with Crippen LogP contribution in [0.25, 0.3) is 0 Å². The maximum Gasteiger partial charge on any atom is 0.152 e. The molecule has 2 aromatic heterocycles. The summed E-state index contributed by atoms with van der Waals surface area (Å²) in [7, 11) is 0. The van der Waals surface area contributed by atoms with Gasteiger partial charge in [0, 0.05) is 30.0 Å². The monoisotopic (exact) mass is 473 g/mol. The van der Waals surface area contributed by atoms with E-state index in [4.69, 9.17) is 9.97 Å². The molecule has 0 spiro atoms. The summed E-state index contributed by atoms with van der Waals surface area (Å²) in [6, 6.07) is 25.4. The van der Waals surface area contributed by atoms with Crippen LogP contribution in [0, 0.1) is 27.7 Å².